The summed E-state index contributed by atoms with van der Waals surface area (Å²) in [6.45, 7) is 0. The number of aromatic nitrogens is 1. The number of fused-ring (bicyclic) bond motifs is 6. The van der Waals surface area contributed by atoms with E-state index in [4.69, 9.17) is 14.8 Å². The van der Waals surface area contributed by atoms with Crippen LogP contribution in [0.4, 0.5) is 0 Å². The zero-order chi connectivity index (χ0) is 28.0. The summed E-state index contributed by atoms with van der Waals surface area (Å²) in [5, 5.41) is 13.0. The lowest BCUT2D eigenvalue weighted by Crippen LogP contribution is -2.01. The van der Waals surface area contributed by atoms with Gasteiger partial charge in [0.05, 0.1) is 22.4 Å². The van der Waals surface area contributed by atoms with Crippen LogP contribution < -0.4 is 0 Å². The van der Waals surface area contributed by atoms with E-state index in [2.05, 4.69) is 77.4 Å². The zero-order valence-electron chi connectivity index (χ0n) is 22.7. The Morgan fingerprint density at radius 1 is 0.667 bits per heavy atom. The van der Waals surface area contributed by atoms with Gasteiger partial charge in [0.15, 0.2) is 0 Å². The monoisotopic (exact) mass is 539 g/mol. The standard InChI is InChI=1S/C38H25N3O/c39-32-17-7-4-16-30(32)38(25-11-2-1-3-12-25)40-24-26-13-10-20-35-37(26)31-22-21-27(23-36(31)42-35)41-33-18-8-5-14-28(33)29-15-6-9-19-34(29)41/h1-24,39H/b38-30-,39-32?,40-24?. The number of benzene rings is 5. The van der Waals surface area contributed by atoms with Crippen LogP contribution in [0.15, 0.2) is 155 Å². The Labute approximate surface area is 242 Å². The molecule has 2 aromatic heterocycles. The Balaban J connectivity index is 1.28. The fourth-order valence-electron chi connectivity index (χ4n) is 6.01. The van der Waals surface area contributed by atoms with Crippen molar-refractivity contribution >= 4 is 61.4 Å². The first kappa shape index (κ1) is 24.1. The predicted molar refractivity (Wildman–Crippen MR) is 175 cm³/mol. The van der Waals surface area contributed by atoms with Gasteiger partial charge >= 0.3 is 0 Å². The summed E-state index contributed by atoms with van der Waals surface area (Å²) >= 11 is 0. The first-order valence-electron chi connectivity index (χ1n) is 14.0. The third-order valence-corrected chi connectivity index (χ3v) is 7.91. The highest BCUT2D eigenvalue weighted by Gasteiger charge is 2.16. The van der Waals surface area contributed by atoms with Crippen LogP contribution in [0.3, 0.4) is 0 Å². The highest BCUT2D eigenvalue weighted by atomic mass is 16.3. The van der Waals surface area contributed by atoms with Crippen LogP contribution in [0.5, 0.6) is 0 Å². The molecular formula is C38H25N3O. The molecule has 1 aliphatic rings. The lowest BCUT2D eigenvalue weighted by atomic mass is 9.99. The maximum atomic E-state index is 8.52. The lowest BCUT2D eigenvalue weighted by Gasteiger charge is -2.11. The van der Waals surface area contributed by atoms with Crippen LogP contribution >= 0.6 is 0 Å². The van der Waals surface area contributed by atoms with E-state index in [1.54, 1.807) is 6.08 Å². The smallest absolute Gasteiger partial charge is 0.137 e. The topological polar surface area (TPSA) is 54.3 Å². The Morgan fingerprint density at radius 2 is 1.38 bits per heavy atom. The summed E-state index contributed by atoms with van der Waals surface area (Å²) in [4.78, 5) is 4.98. The number of hydrogen-bond acceptors (Lipinski definition) is 3. The fourth-order valence-corrected chi connectivity index (χ4v) is 6.01. The molecule has 42 heavy (non-hydrogen) atoms. The highest BCUT2D eigenvalue weighted by Crippen LogP contribution is 2.36. The average molecular weight is 540 g/mol. The van der Waals surface area contributed by atoms with E-state index in [9.17, 15) is 0 Å². The van der Waals surface area contributed by atoms with Gasteiger partial charge in [-0.25, -0.2) is 0 Å². The van der Waals surface area contributed by atoms with Crippen LogP contribution in [0, 0.1) is 5.41 Å². The zero-order valence-corrected chi connectivity index (χ0v) is 22.7. The van der Waals surface area contributed by atoms with Crippen molar-refractivity contribution in [2.75, 3.05) is 0 Å². The second-order valence-electron chi connectivity index (χ2n) is 10.4. The van der Waals surface area contributed by atoms with E-state index in [0.29, 0.717) is 5.71 Å². The maximum absolute atomic E-state index is 8.52. The molecule has 7 aromatic rings. The highest BCUT2D eigenvalue weighted by molar-refractivity contribution is 6.17. The van der Waals surface area contributed by atoms with Crippen molar-refractivity contribution in [3.8, 4) is 5.69 Å². The summed E-state index contributed by atoms with van der Waals surface area (Å²) in [7, 11) is 0. The van der Waals surface area contributed by atoms with Gasteiger partial charge in [0, 0.05) is 56.2 Å². The SMILES string of the molecule is N=C1C=CC=C/C1=C(/N=Cc1cccc2oc3cc(-n4c5ccccc5c5ccccc54)ccc3c12)c1ccccc1. The van der Waals surface area contributed by atoms with Crippen molar-refractivity contribution in [3.63, 3.8) is 0 Å². The third-order valence-electron chi connectivity index (χ3n) is 7.91. The van der Waals surface area contributed by atoms with E-state index in [1.807, 2.05) is 66.9 Å². The third kappa shape index (κ3) is 3.85. The van der Waals surface area contributed by atoms with Crippen molar-refractivity contribution < 1.29 is 4.42 Å². The molecule has 2 heterocycles. The summed E-state index contributed by atoms with van der Waals surface area (Å²) in [5.41, 5.74) is 8.96. The van der Waals surface area contributed by atoms with E-state index in [0.717, 1.165) is 50.0 Å². The molecule has 1 N–H and O–H groups in total. The number of furan rings is 1. The molecule has 0 unspecified atom stereocenters. The Hall–Kier alpha value is -5.74. The van der Waals surface area contributed by atoms with Gasteiger partial charge in [-0.2, -0.15) is 0 Å². The van der Waals surface area contributed by atoms with E-state index in [1.165, 1.54) is 21.8 Å². The van der Waals surface area contributed by atoms with E-state index in [-0.39, 0.29) is 0 Å². The van der Waals surface area contributed by atoms with Gasteiger partial charge in [0.1, 0.15) is 11.2 Å². The molecule has 0 amide bonds. The first-order chi connectivity index (χ1) is 20.8. The average Bonchev–Trinajstić information content (AvgIpc) is 3.58. The molecule has 8 rings (SSSR count). The molecule has 0 spiro atoms. The molecule has 4 heteroatoms. The second kappa shape index (κ2) is 9.72. The van der Waals surface area contributed by atoms with Crippen molar-refractivity contribution in [2.24, 2.45) is 4.99 Å². The lowest BCUT2D eigenvalue weighted by molar-refractivity contribution is 0.668. The van der Waals surface area contributed by atoms with E-state index >= 15 is 0 Å². The molecule has 1 aliphatic carbocycles. The van der Waals surface area contributed by atoms with Gasteiger partial charge in [0.25, 0.3) is 0 Å². The Bertz CT molecular complexity index is 2260. The molecule has 0 atom stereocenters. The summed E-state index contributed by atoms with van der Waals surface area (Å²) < 4.78 is 8.74. The number of allylic oxidation sites excluding steroid dienone is 5. The fraction of sp³-hybridized carbons (Fsp3) is 0. The van der Waals surface area contributed by atoms with Crippen LogP contribution in [0.25, 0.3) is 55.1 Å². The minimum absolute atomic E-state index is 0.443. The number of aliphatic imine (C=N–C) groups is 1. The van der Waals surface area contributed by atoms with Gasteiger partial charge in [-0.3, -0.25) is 4.99 Å². The van der Waals surface area contributed by atoms with Gasteiger partial charge < -0.3 is 14.4 Å². The van der Waals surface area contributed by atoms with Crippen LogP contribution in [0.1, 0.15) is 11.1 Å². The first-order valence-corrected chi connectivity index (χ1v) is 14.0. The molecule has 0 bridgehead atoms. The minimum Gasteiger partial charge on any atom is -0.456 e. The molecule has 0 aliphatic heterocycles. The maximum Gasteiger partial charge on any atom is 0.137 e. The number of nitrogens with one attached hydrogen (secondary N) is 1. The summed E-state index contributed by atoms with van der Waals surface area (Å²) in [6, 6.07) is 39.6. The largest absolute Gasteiger partial charge is 0.456 e. The van der Waals surface area contributed by atoms with Gasteiger partial charge in [-0.05, 0) is 36.4 Å². The number of para-hydroxylation sites is 2. The normalized spacial score (nSPS) is 14.7. The number of rotatable bonds is 4. The van der Waals surface area contributed by atoms with Crippen molar-refractivity contribution in [1.29, 1.82) is 5.41 Å². The molecule has 4 nitrogen and oxygen atoms in total. The van der Waals surface area contributed by atoms with E-state index < -0.39 is 0 Å². The Kier molecular flexibility index (Phi) is 5.57. The summed E-state index contributed by atoms with van der Waals surface area (Å²) in [6.07, 6.45) is 9.47. The summed E-state index contributed by atoms with van der Waals surface area (Å²) in [5.74, 6) is 0. The molecule has 0 saturated carbocycles. The molecule has 5 aromatic carbocycles. The second-order valence-corrected chi connectivity index (χ2v) is 10.4. The molecule has 0 saturated heterocycles. The van der Waals surface area contributed by atoms with Gasteiger partial charge in [-0.15, -0.1) is 0 Å². The molecule has 0 radical (unpaired) electrons. The van der Waals surface area contributed by atoms with Gasteiger partial charge in [-0.1, -0.05) is 97.1 Å². The van der Waals surface area contributed by atoms with Crippen LogP contribution in [0.2, 0.25) is 0 Å². The quantitative estimate of drug-likeness (QED) is 0.222. The molecule has 198 valence electrons. The number of nitrogens with zero attached hydrogens (tertiary/aromatic N) is 2. The number of hydrogen-bond donors (Lipinski definition) is 1. The van der Waals surface area contributed by atoms with Crippen molar-refractivity contribution in [3.05, 3.63) is 156 Å². The Morgan fingerprint density at radius 3 is 2.14 bits per heavy atom. The predicted octanol–water partition coefficient (Wildman–Crippen LogP) is 9.66. The molecule has 0 fully saturated rings. The van der Waals surface area contributed by atoms with Gasteiger partial charge in [0.2, 0.25) is 0 Å². The van der Waals surface area contributed by atoms with Crippen molar-refractivity contribution in [1.82, 2.24) is 4.57 Å². The molecular weight excluding hydrogens is 514 g/mol. The van der Waals surface area contributed by atoms with Crippen molar-refractivity contribution in [2.45, 2.75) is 0 Å². The van der Waals surface area contributed by atoms with Crippen LogP contribution in [-0.4, -0.2) is 16.5 Å². The van der Waals surface area contributed by atoms with Crippen LogP contribution in [-0.2, 0) is 0 Å². The minimum atomic E-state index is 0.443.